The highest BCUT2D eigenvalue weighted by Gasteiger charge is 2.27. The van der Waals surface area contributed by atoms with Crippen LogP contribution in [0.15, 0.2) is 42.6 Å². The number of amides is 1. The maximum absolute atomic E-state index is 12.8. The molecule has 4 heterocycles. The number of halogens is 1. The predicted molar refractivity (Wildman–Crippen MR) is 140 cm³/mol. The fourth-order valence-electron chi connectivity index (χ4n) is 4.82. The van der Waals surface area contributed by atoms with Gasteiger partial charge in [0.25, 0.3) is 0 Å². The first-order chi connectivity index (χ1) is 16.7. The van der Waals surface area contributed by atoms with Crippen molar-refractivity contribution in [3.05, 3.63) is 47.6 Å². The van der Waals surface area contributed by atoms with E-state index in [9.17, 15) is 4.79 Å². The molecule has 3 aromatic rings. The summed E-state index contributed by atoms with van der Waals surface area (Å²) < 4.78 is 0. The molecule has 34 heavy (non-hydrogen) atoms. The average molecular weight is 499 g/mol. The van der Waals surface area contributed by atoms with Crippen LogP contribution < -0.4 is 15.1 Å². The van der Waals surface area contributed by atoms with Gasteiger partial charge in [0.2, 0.25) is 5.91 Å². The number of pyridine rings is 1. The molecule has 0 aliphatic carbocycles. The Morgan fingerprint density at radius 3 is 2.82 bits per heavy atom. The molecular formula is C25H31ClN6OS. The number of carbonyl (C=O) groups is 1. The fraction of sp³-hybridized carbons (Fsp3) is 0.480. The molecule has 2 aromatic heterocycles. The van der Waals surface area contributed by atoms with Gasteiger partial charge in [-0.15, -0.1) is 0 Å². The lowest BCUT2D eigenvalue weighted by Crippen LogP contribution is -2.47. The summed E-state index contributed by atoms with van der Waals surface area (Å²) in [6.45, 7) is 7.51. The number of piperazine rings is 1. The number of thiazole rings is 1. The van der Waals surface area contributed by atoms with Gasteiger partial charge < -0.3 is 15.1 Å². The van der Waals surface area contributed by atoms with Gasteiger partial charge in [0.1, 0.15) is 10.3 Å². The fourth-order valence-corrected chi connectivity index (χ4v) is 5.95. The summed E-state index contributed by atoms with van der Waals surface area (Å²) >= 11 is 7.75. The van der Waals surface area contributed by atoms with Crippen molar-refractivity contribution in [2.75, 3.05) is 62.2 Å². The van der Waals surface area contributed by atoms with Crippen LogP contribution in [0.3, 0.4) is 0 Å². The lowest BCUT2D eigenvalue weighted by molar-refractivity contribution is -0.125. The van der Waals surface area contributed by atoms with E-state index >= 15 is 0 Å². The molecule has 7 nitrogen and oxygen atoms in total. The van der Waals surface area contributed by atoms with Crippen LogP contribution in [0.1, 0.15) is 19.3 Å². The highest BCUT2D eigenvalue weighted by Crippen LogP contribution is 2.30. The standard InChI is InChI=1S/C25H31ClN6OS/c26-20-6-1-7-21(17-20)31-15-13-30(14-16-31)11-4-10-27-23(33)19-5-3-12-32(18-19)25-29-22-8-2-9-28-24(22)34-25/h1-2,6-9,17,19H,3-5,10-16,18H2,(H,27,33). The maximum Gasteiger partial charge on any atom is 0.224 e. The minimum atomic E-state index is 0.0231. The molecule has 2 aliphatic heterocycles. The molecule has 0 saturated carbocycles. The number of piperidine rings is 1. The maximum atomic E-state index is 12.8. The van der Waals surface area contributed by atoms with Crippen molar-refractivity contribution in [2.45, 2.75) is 19.3 Å². The smallest absolute Gasteiger partial charge is 0.224 e. The number of nitrogens with one attached hydrogen (secondary N) is 1. The van der Waals surface area contributed by atoms with Gasteiger partial charge in [-0.1, -0.05) is 29.0 Å². The second-order valence-corrected chi connectivity index (χ2v) is 10.5. The zero-order chi connectivity index (χ0) is 23.3. The second kappa shape index (κ2) is 10.9. The van der Waals surface area contributed by atoms with Crippen LogP contribution in [0.2, 0.25) is 5.02 Å². The molecule has 2 saturated heterocycles. The van der Waals surface area contributed by atoms with Crippen LogP contribution in [-0.2, 0) is 4.79 Å². The van der Waals surface area contributed by atoms with E-state index in [-0.39, 0.29) is 11.8 Å². The van der Waals surface area contributed by atoms with E-state index in [1.165, 1.54) is 5.69 Å². The first-order valence-corrected chi connectivity index (χ1v) is 13.3. The van der Waals surface area contributed by atoms with Crippen LogP contribution in [0.4, 0.5) is 10.8 Å². The molecule has 0 radical (unpaired) electrons. The molecule has 1 unspecified atom stereocenters. The van der Waals surface area contributed by atoms with Crippen LogP contribution >= 0.6 is 22.9 Å². The quantitative estimate of drug-likeness (QED) is 0.498. The van der Waals surface area contributed by atoms with Crippen LogP contribution in [0.25, 0.3) is 10.3 Å². The SMILES string of the molecule is O=C(NCCCN1CCN(c2cccc(Cl)c2)CC1)C1CCCN(c2nc3cccnc3s2)C1. The van der Waals surface area contributed by atoms with Gasteiger partial charge in [0, 0.05) is 62.7 Å². The largest absolute Gasteiger partial charge is 0.369 e. The zero-order valence-corrected chi connectivity index (χ0v) is 20.9. The summed E-state index contributed by atoms with van der Waals surface area (Å²) in [5, 5.41) is 4.95. The Morgan fingerprint density at radius 1 is 1.12 bits per heavy atom. The van der Waals surface area contributed by atoms with E-state index in [1.54, 1.807) is 17.5 Å². The van der Waals surface area contributed by atoms with Crippen LogP contribution in [0, 0.1) is 5.92 Å². The van der Waals surface area contributed by atoms with Crippen molar-refractivity contribution in [1.82, 2.24) is 20.2 Å². The highest BCUT2D eigenvalue weighted by molar-refractivity contribution is 7.21. The minimum Gasteiger partial charge on any atom is -0.369 e. The van der Waals surface area contributed by atoms with Crippen molar-refractivity contribution in [1.29, 1.82) is 0 Å². The Bertz CT molecular complexity index is 1080. The molecular weight excluding hydrogens is 468 g/mol. The minimum absolute atomic E-state index is 0.0231. The van der Waals surface area contributed by atoms with E-state index in [1.807, 2.05) is 30.3 Å². The summed E-state index contributed by atoms with van der Waals surface area (Å²) in [4.78, 5) is 30.0. The topological polar surface area (TPSA) is 64.6 Å². The Balaban J connectivity index is 1.03. The third-order valence-electron chi connectivity index (χ3n) is 6.71. The van der Waals surface area contributed by atoms with E-state index in [0.29, 0.717) is 0 Å². The molecule has 9 heteroatoms. The van der Waals surface area contributed by atoms with Gasteiger partial charge in [0.05, 0.1) is 5.92 Å². The number of nitrogens with zero attached hydrogens (tertiary/aromatic N) is 5. The third-order valence-corrected chi connectivity index (χ3v) is 7.99. The number of rotatable bonds is 7. The van der Waals surface area contributed by atoms with Gasteiger partial charge in [-0.2, -0.15) is 0 Å². The molecule has 5 rings (SSSR count). The Morgan fingerprint density at radius 2 is 2.00 bits per heavy atom. The second-order valence-electron chi connectivity index (χ2n) is 9.06. The summed E-state index contributed by atoms with van der Waals surface area (Å²) in [6, 6.07) is 12.0. The Kier molecular flexibility index (Phi) is 7.47. The number of aromatic nitrogens is 2. The Hall–Kier alpha value is -2.42. The molecule has 2 aliphatic rings. The van der Waals surface area contributed by atoms with Gasteiger partial charge in [-0.05, 0) is 56.1 Å². The molecule has 2 fully saturated rings. The lowest BCUT2D eigenvalue weighted by Gasteiger charge is -2.36. The summed E-state index contributed by atoms with van der Waals surface area (Å²) in [7, 11) is 0. The number of hydrogen-bond donors (Lipinski definition) is 1. The highest BCUT2D eigenvalue weighted by atomic mass is 35.5. The molecule has 0 bridgehead atoms. The zero-order valence-electron chi connectivity index (χ0n) is 19.3. The van der Waals surface area contributed by atoms with Crippen LogP contribution in [0.5, 0.6) is 0 Å². The first-order valence-electron chi connectivity index (χ1n) is 12.1. The van der Waals surface area contributed by atoms with E-state index in [4.69, 9.17) is 16.6 Å². The van der Waals surface area contributed by atoms with Gasteiger partial charge in [0.15, 0.2) is 5.13 Å². The molecule has 1 aromatic carbocycles. The normalized spacial score (nSPS) is 19.5. The molecule has 0 spiro atoms. The van der Waals surface area contributed by atoms with Gasteiger partial charge >= 0.3 is 0 Å². The van der Waals surface area contributed by atoms with E-state index in [0.717, 1.165) is 92.1 Å². The summed E-state index contributed by atoms with van der Waals surface area (Å²) in [5.74, 6) is 0.199. The first kappa shape index (κ1) is 23.3. The molecule has 1 atom stereocenters. The van der Waals surface area contributed by atoms with Crippen molar-refractivity contribution >= 4 is 50.0 Å². The number of hydrogen-bond acceptors (Lipinski definition) is 7. The lowest BCUT2D eigenvalue weighted by atomic mass is 9.97. The van der Waals surface area contributed by atoms with Crippen LogP contribution in [-0.4, -0.2) is 73.1 Å². The number of carbonyl (C=O) groups excluding carboxylic acids is 1. The Labute approximate surface area is 209 Å². The van der Waals surface area contributed by atoms with E-state index in [2.05, 4.69) is 31.1 Å². The summed E-state index contributed by atoms with van der Waals surface area (Å²) in [5.41, 5.74) is 2.13. The predicted octanol–water partition coefficient (Wildman–Crippen LogP) is 3.89. The van der Waals surface area contributed by atoms with Crippen molar-refractivity contribution in [2.24, 2.45) is 5.92 Å². The molecule has 180 valence electrons. The monoisotopic (exact) mass is 498 g/mol. The number of fused-ring (bicyclic) bond motifs is 1. The van der Waals surface area contributed by atoms with Gasteiger partial charge in [-0.25, -0.2) is 9.97 Å². The third kappa shape index (κ3) is 5.62. The van der Waals surface area contributed by atoms with Crippen molar-refractivity contribution in [3.8, 4) is 0 Å². The molecule has 1 amide bonds. The van der Waals surface area contributed by atoms with Crippen molar-refractivity contribution in [3.63, 3.8) is 0 Å². The van der Waals surface area contributed by atoms with Crippen molar-refractivity contribution < 1.29 is 4.79 Å². The van der Waals surface area contributed by atoms with Gasteiger partial charge in [-0.3, -0.25) is 9.69 Å². The molecule has 1 N–H and O–H groups in total. The van der Waals surface area contributed by atoms with E-state index < -0.39 is 0 Å². The number of anilines is 2. The summed E-state index contributed by atoms with van der Waals surface area (Å²) in [6.07, 6.45) is 4.73. The number of benzene rings is 1. The average Bonchev–Trinajstić information content (AvgIpc) is 3.31.